The normalized spacial score (nSPS) is 18.1. The summed E-state index contributed by atoms with van der Waals surface area (Å²) in [5, 5.41) is 20.8. The van der Waals surface area contributed by atoms with Crippen LogP contribution in [0.3, 0.4) is 0 Å². The van der Waals surface area contributed by atoms with Crippen LogP contribution < -0.4 is 5.32 Å². The molecule has 5 heteroatoms. The first-order valence-electron chi connectivity index (χ1n) is 9.31. The molecule has 1 unspecified atom stereocenters. The minimum Gasteiger partial charge on any atom is -0.508 e. The van der Waals surface area contributed by atoms with Gasteiger partial charge in [-0.2, -0.15) is 5.10 Å². The number of nitrogens with zero attached hydrogens (tertiary/aromatic N) is 1. The highest BCUT2D eigenvalue weighted by Crippen LogP contribution is 2.48. The van der Waals surface area contributed by atoms with E-state index in [1.807, 2.05) is 36.4 Å². The third-order valence-corrected chi connectivity index (χ3v) is 5.35. The molecule has 1 amide bonds. The highest BCUT2D eigenvalue weighted by Gasteiger charge is 2.43. The molecule has 0 radical (unpaired) electrons. The molecule has 5 rings (SSSR count). The van der Waals surface area contributed by atoms with Gasteiger partial charge in [-0.3, -0.25) is 9.89 Å². The van der Waals surface area contributed by atoms with E-state index in [0.717, 1.165) is 34.1 Å². The van der Waals surface area contributed by atoms with Gasteiger partial charge in [0.05, 0.1) is 17.4 Å². The van der Waals surface area contributed by atoms with E-state index >= 15 is 0 Å². The topological polar surface area (TPSA) is 78.0 Å². The molecule has 2 atom stereocenters. The molecule has 1 aromatic heterocycles. The Labute approximate surface area is 162 Å². The number of benzene rings is 3. The monoisotopic (exact) mass is 369 g/mol. The maximum Gasteiger partial charge on any atom is 0.228 e. The highest BCUT2D eigenvalue weighted by atomic mass is 16.3. The van der Waals surface area contributed by atoms with Gasteiger partial charge in [0.1, 0.15) is 5.75 Å². The van der Waals surface area contributed by atoms with Gasteiger partial charge < -0.3 is 10.4 Å². The molecule has 1 aliphatic rings. The summed E-state index contributed by atoms with van der Waals surface area (Å²) in [5.74, 6) is 0.518. The maximum atomic E-state index is 12.8. The second-order valence-corrected chi connectivity index (χ2v) is 7.25. The molecule has 4 aromatic rings. The first-order valence-corrected chi connectivity index (χ1v) is 9.31. The van der Waals surface area contributed by atoms with Crippen LogP contribution in [-0.2, 0) is 4.79 Å². The zero-order chi connectivity index (χ0) is 19.1. The molecule has 138 valence electrons. The van der Waals surface area contributed by atoms with Gasteiger partial charge in [0.2, 0.25) is 5.91 Å². The van der Waals surface area contributed by atoms with Crippen molar-refractivity contribution in [3.8, 4) is 16.9 Å². The number of H-pyrrole nitrogens is 1. The second kappa shape index (κ2) is 6.53. The van der Waals surface area contributed by atoms with Crippen LogP contribution in [0.15, 0.2) is 72.9 Å². The Hall–Kier alpha value is -3.60. The van der Waals surface area contributed by atoms with Gasteiger partial charge in [0.15, 0.2) is 0 Å². The minimum absolute atomic E-state index is 0.00576. The van der Waals surface area contributed by atoms with Gasteiger partial charge in [-0.25, -0.2) is 0 Å². The molecule has 1 heterocycles. The zero-order valence-electron chi connectivity index (χ0n) is 15.1. The van der Waals surface area contributed by atoms with Gasteiger partial charge in [0, 0.05) is 11.3 Å². The van der Waals surface area contributed by atoms with Crippen LogP contribution >= 0.6 is 0 Å². The summed E-state index contributed by atoms with van der Waals surface area (Å²) in [5.41, 5.74) is 4.56. The van der Waals surface area contributed by atoms with Crippen LogP contribution in [0.2, 0.25) is 0 Å². The van der Waals surface area contributed by atoms with Crippen molar-refractivity contribution >= 4 is 22.5 Å². The molecular weight excluding hydrogens is 350 g/mol. The number of aromatic nitrogens is 2. The standard InChI is InChI=1S/C23H19N3O2/c27-17-8-4-7-15(9-17)16-10-21(20-13-24-26-22(20)11-16)25-23(28)19-12-18(19)14-5-2-1-3-6-14/h1-11,13,18-19,27H,12H2,(H,24,26)(H,25,28)/t18?,19-/m0/s1. The Bertz CT molecular complexity index is 1170. The first kappa shape index (κ1) is 16.6. The predicted octanol–water partition coefficient (Wildman–Crippen LogP) is 4.68. The van der Waals surface area contributed by atoms with Gasteiger partial charge >= 0.3 is 0 Å². The Kier molecular flexibility index (Phi) is 3.86. The number of carbonyl (C=O) groups is 1. The average molecular weight is 369 g/mol. The smallest absolute Gasteiger partial charge is 0.228 e. The lowest BCUT2D eigenvalue weighted by Gasteiger charge is -2.10. The van der Waals surface area contributed by atoms with Crippen LogP contribution in [0.5, 0.6) is 5.75 Å². The van der Waals surface area contributed by atoms with E-state index in [1.165, 1.54) is 5.56 Å². The number of phenolic OH excluding ortho intramolecular Hbond substituents is 1. The number of amides is 1. The fourth-order valence-electron chi connectivity index (χ4n) is 3.79. The molecule has 1 aliphatic carbocycles. The molecule has 0 spiro atoms. The first-order chi connectivity index (χ1) is 13.7. The number of phenols is 1. The van der Waals surface area contributed by atoms with Crippen molar-refractivity contribution in [2.45, 2.75) is 12.3 Å². The fourth-order valence-corrected chi connectivity index (χ4v) is 3.79. The number of rotatable bonds is 4. The van der Waals surface area contributed by atoms with Crippen LogP contribution in [-0.4, -0.2) is 21.2 Å². The Balaban J connectivity index is 1.44. The van der Waals surface area contributed by atoms with Crippen LogP contribution in [0.1, 0.15) is 17.9 Å². The van der Waals surface area contributed by atoms with Crippen molar-refractivity contribution in [1.29, 1.82) is 0 Å². The second-order valence-electron chi connectivity index (χ2n) is 7.25. The van der Waals surface area contributed by atoms with E-state index in [4.69, 9.17) is 0 Å². The molecule has 0 bridgehead atoms. The van der Waals surface area contributed by atoms with E-state index in [0.29, 0.717) is 0 Å². The summed E-state index contributed by atoms with van der Waals surface area (Å²) in [6, 6.07) is 21.1. The Morgan fingerprint density at radius 2 is 1.89 bits per heavy atom. The fraction of sp³-hybridized carbons (Fsp3) is 0.130. The van der Waals surface area contributed by atoms with Crippen LogP contribution in [0.4, 0.5) is 5.69 Å². The Morgan fingerprint density at radius 1 is 1.04 bits per heavy atom. The van der Waals surface area contributed by atoms with E-state index in [9.17, 15) is 9.90 Å². The summed E-state index contributed by atoms with van der Waals surface area (Å²) >= 11 is 0. The SMILES string of the molecule is O=C(Nc1cc(-c2cccc(O)c2)cc2[nH]ncc12)[C@H]1CC1c1ccccc1. The Morgan fingerprint density at radius 3 is 2.71 bits per heavy atom. The molecular formula is C23H19N3O2. The highest BCUT2D eigenvalue weighted by molar-refractivity contribution is 6.04. The van der Waals surface area contributed by atoms with Crippen molar-refractivity contribution in [3.05, 3.63) is 78.5 Å². The van der Waals surface area contributed by atoms with Crippen molar-refractivity contribution in [2.75, 3.05) is 5.32 Å². The number of nitrogens with one attached hydrogen (secondary N) is 2. The third-order valence-electron chi connectivity index (χ3n) is 5.35. The summed E-state index contributed by atoms with van der Waals surface area (Å²) in [7, 11) is 0. The lowest BCUT2D eigenvalue weighted by Crippen LogP contribution is -2.14. The quantitative estimate of drug-likeness (QED) is 0.489. The maximum absolute atomic E-state index is 12.8. The molecule has 0 aliphatic heterocycles. The van der Waals surface area contributed by atoms with E-state index in [2.05, 4.69) is 27.6 Å². The van der Waals surface area contributed by atoms with Gasteiger partial charge in [-0.15, -0.1) is 0 Å². The molecule has 0 saturated heterocycles. The van der Waals surface area contributed by atoms with E-state index in [-0.39, 0.29) is 23.5 Å². The molecule has 5 nitrogen and oxygen atoms in total. The predicted molar refractivity (Wildman–Crippen MR) is 109 cm³/mol. The molecule has 1 saturated carbocycles. The number of aromatic amines is 1. The van der Waals surface area contributed by atoms with Gasteiger partial charge in [-0.1, -0.05) is 42.5 Å². The minimum atomic E-state index is -0.00576. The number of anilines is 1. The summed E-state index contributed by atoms with van der Waals surface area (Å²) in [6.07, 6.45) is 2.59. The van der Waals surface area contributed by atoms with Gasteiger partial charge in [-0.05, 0) is 53.3 Å². The lowest BCUT2D eigenvalue weighted by molar-refractivity contribution is -0.117. The third kappa shape index (κ3) is 3.01. The molecule has 1 fully saturated rings. The molecule has 3 N–H and O–H groups in total. The van der Waals surface area contributed by atoms with Crippen LogP contribution in [0, 0.1) is 5.92 Å². The summed E-state index contributed by atoms with van der Waals surface area (Å²) < 4.78 is 0. The molecule has 28 heavy (non-hydrogen) atoms. The number of hydrogen-bond donors (Lipinski definition) is 3. The van der Waals surface area contributed by atoms with Crippen molar-refractivity contribution in [3.63, 3.8) is 0 Å². The van der Waals surface area contributed by atoms with E-state index < -0.39 is 0 Å². The zero-order valence-corrected chi connectivity index (χ0v) is 15.1. The number of aromatic hydroxyl groups is 1. The largest absolute Gasteiger partial charge is 0.508 e. The number of hydrogen-bond acceptors (Lipinski definition) is 3. The van der Waals surface area contributed by atoms with Gasteiger partial charge in [0.25, 0.3) is 0 Å². The van der Waals surface area contributed by atoms with Crippen LogP contribution in [0.25, 0.3) is 22.0 Å². The molecule has 3 aromatic carbocycles. The van der Waals surface area contributed by atoms with Crippen molar-refractivity contribution < 1.29 is 9.90 Å². The van der Waals surface area contributed by atoms with E-state index in [1.54, 1.807) is 24.4 Å². The average Bonchev–Trinajstić information content (AvgIpc) is 3.38. The van der Waals surface area contributed by atoms with Crippen molar-refractivity contribution in [1.82, 2.24) is 10.2 Å². The lowest BCUT2D eigenvalue weighted by atomic mass is 10.0. The number of fused-ring (bicyclic) bond motifs is 1. The summed E-state index contributed by atoms with van der Waals surface area (Å²) in [6.45, 7) is 0. The van der Waals surface area contributed by atoms with Crippen molar-refractivity contribution in [2.24, 2.45) is 5.92 Å². The number of carbonyl (C=O) groups excluding carboxylic acids is 1. The summed E-state index contributed by atoms with van der Waals surface area (Å²) in [4.78, 5) is 12.8.